The molecule has 118 valence electrons. The fourth-order valence-corrected chi connectivity index (χ4v) is 4.22. The van der Waals surface area contributed by atoms with Crippen molar-refractivity contribution >= 4 is 21.7 Å². The van der Waals surface area contributed by atoms with Crippen molar-refractivity contribution in [2.45, 2.75) is 25.7 Å². The summed E-state index contributed by atoms with van der Waals surface area (Å²) in [6.07, 6.45) is 0. The highest BCUT2D eigenvalue weighted by atomic mass is 32.2. The lowest BCUT2D eigenvalue weighted by Gasteiger charge is -2.26. The van der Waals surface area contributed by atoms with E-state index in [-0.39, 0.29) is 33.6 Å². The van der Waals surface area contributed by atoms with Crippen molar-refractivity contribution in [1.82, 2.24) is 0 Å². The standard InChI is InChI=1S/C17H14O5S/c1-8-9(2)17(23(20,21)22)10(3)14-13(8)15(18)11-6-4-5-7-12(11)16(14)19/h4-7H,1-3H3,(H,20,21,22)/p-1. The molecule has 0 heterocycles. The molecule has 5 nitrogen and oxygen atoms in total. The third-order valence-electron chi connectivity index (χ3n) is 4.36. The SMILES string of the molecule is Cc1c(C)c(S(=O)(=O)[O-])c(C)c2c1C(=O)c1ccccc1C2=O. The molecule has 23 heavy (non-hydrogen) atoms. The zero-order valence-electron chi connectivity index (χ0n) is 12.8. The average Bonchev–Trinajstić information content (AvgIpc) is 2.47. The van der Waals surface area contributed by atoms with Gasteiger partial charge in [0.1, 0.15) is 10.1 Å². The van der Waals surface area contributed by atoms with E-state index in [1.165, 1.54) is 19.9 Å². The second-order valence-corrected chi connectivity index (χ2v) is 6.93. The molecule has 0 aliphatic heterocycles. The summed E-state index contributed by atoms with van der Waals surface area (Å²) >= 11 is 0. The summed E-state index contributed by atoms with van der Waals surface area (Å²) in [5.74, 6) is -0.755. The monoisotopic (exact) mass is 329 g/mol. The van der Waals surface area contributed by atoms with Crippen molar-refractivity contribution in [2.75, 3.05) is 0 Å². The Bertz CT molecular complexity index is 1000. The summed E-state index contributed by atoms with van der Waals surface area (Å²) in [7, 11) is -4.75. The van der Waals surface area contributed by atoms with Crippen molar-refractivity contribution in [2.24, 2.45) is 0 Å². The average molecular weight is 329 g/mol. The second-order valence-electron chi connectivity index (χ2n) is 5.61. The van der Waals surface area contributed by atoms with E-state index in [1.54, 1.807) is 25.1 Å². The first kappa shape index (κ1) is 15.6. The lowest BCUT2D eigenvalue weighted by Crippen LogP contribution is -2.25. The molecule has 0 amide bonds. The van der Waals surface area contributed by atoms with Gasteiger partial charge in [-0.15, -0.1) is 0 Å². The molecule has 0 atom stereocenters. The largest absolute Gasteiger partial charge is 0.744 e. The highest BCUT2D eigenvalue weighted by Gasteiger charge is 2.34. The van der Waals surface area contributed by atoms with Crippen LogP contribution in [-0.2, 0) is 10.1 Å². The van der Waals surface area contributed by atoms with Crippen LogP contribution in [0.15, 0.2) is 29.2 Å². The molecule has 0 saturated carbocycles. The Morgan fingerprint density at radius 1 is 0.783 bits per heavy atom. The third kappa shape index (κ3) is 2.06. The van der Waals surface area contributed by atoms with Crippen LogP contribution in [0.4, 0.5) is 0 Å². The van der Waals surface area contributed by atoms with Gasteiger partial charge in [-0.2, -0.15) is 0 Å². The van der Waals surface area contributed by atoms with E-state index in [4.69, 9.17) is 0 Å². The van der Waals surface area contributed by atoms with E-state index in [0.29, 0.717) is 11.1 Å². The van der Waals surface area contributed by atoms with E-state index in [9.17, 15) is 22.6 Å². The molecule has 0 unspecified atom stereocenters. The summed E-state index contributed by atoms with van der Waals surface area (Å²) in [5.41, 5.74) is 1.35. The molecule has 6 heteroatoms. The molecular formula is C17H13O5S-. The Hall–Kier alpha value is -2.31. The maximum Gasteiger partial charge on any atom is 0.194 e. The predicted molar refractivity (Wildman–Crippen MR) is 81.9 cm³/mol. The zero-order chi connectivity index (χ0) is 17.1. The molecule has 0 aromatic heterocycles. The summed E-state index contributed by atoms with van der Waals surface area (Å²) in [6, 6.07) is 6.40. The Labute approximate surface area is 133 Å². The van der Waals surface area contributed by atoms with Crippen molar-refractivity contribution in [1.29, 1.82) is 0 Å². The van der Waals surface area contributed by atoms with Gasteiger partial charge in [0.05, 0.1) is 4.90 Å². The summed E-state index contributed by atoms with van der Waals surface area (Å²) in [5, 5.41) is 0. The van der Waals surface area contributed by atoms with E-state index >= 15 is 0 Å². The summed E-state index contributed by atoms with van der Waals surface area (Å²) in [6.45, 7) is 4.43. The van der Waals surface area contributed by atoms with Crippen LogP contribution in [0.1, 0.15) is 48.5 Å². The molecule has 0 N–H and O–H groups in total. The van der Waals surface area contributed by atoms with Crippen LogP contribution in [0.2, 0.25) is 0 Å². The lowest BCUT2D eigenvalue weighted by molar-refractivity contribution is 0.0977. The van der Waals surface area contributed by atoms with Gasteiger partial charge >= 0.3 is 0 Å². The fraction of sp³-hybridized carbons (Fsp3) is 0.176. The number of rotatable bonds is 1. The number of carbonyl (C=O) groups excluding carboxylic acids is 2. The topological polar surface area (TPSA) is 91.3 Å². The second kappa shape index (κ2) is 4.84. The van der Waals surface area contributed by atoms with E-state index in [1.807, 2.05) is 0 Å². The van der Waals surface area contributed by atoms with E-state index in [2.05, 4.69) is 0 Å². The first-order valence-electron chi connectivity index (χ1n) is 6.94. The molecule has 2 aromatic carbocycles. The fourth-order valence-electron chi connectivity index (χ4n) is 3.22. The van der Waals surface area contributed by atoms with Crippen LogP contribution in [-0.4, -0.2) is 24.5 Å². The molecule has 0 saturated heterocycles. The molecule has 0 spiro atoms. The van der Waals surface area contributed by atoms with E-state index < -0.39 is 20.8 Å². The van der Waals surface area contributed by atoms with Gasteiger partial charge in [0.25, 0.3) is 0 Å². The van der Waals surface area contributed by atoms with Crippen LogP contribution in [0.5, 0.6) is 0 Å². The Morgan fingerprint density at radius 2 is 1.22 bits per heavy atom. The van der Waals surface area contributed by atoms with Crippen LogP contribution < -0.4 is 0 Å². The molecule has 0 bridgehead atoms. The Morgan fingerprint density at radius 3 is 1.65 bits per heavy atom. The summed E-state index contributed by atoms with van der Waals surface area (Å²) < 4.78 is 34.8. The number of hydrogen-bond acceptors (Lipinski definition) is 5. The highest BCUT2D eigenvalue weighted by molar-refractivity contribution is 7.85. The molecule has 0 fully saturated rings. The molecule has 1 aliphatic rings. The lowest BCUT2D eigenvalue weighted by atomic mass is 9.79. The Balaban J connectivity index is 2.50. The quantitative estimate of drug-likeness (QED) is 0.639. The number of hydrogen-bond donors (Lipinski definition) is 0. The minimum Gasteiger partial charge on any atom is -0.744 e. The van der Waals surface area contributed by atoms with Crippen LogP contribution in [0.3, 0.4) is 0 Å². The van der Waals surface area contributed by atoms with Gasteiger partial charge in [0.2, 0.25) is 0 Å². The first-order valence-corrected chi connectivity index (χ1v) is 8.35. The zero-order valence-corrected chi connectivity index (χ0v) is 13.6. The van der Waals surface area contributed by atoms with Gasteiger partial charge in [-0.05, 0) is 37.5 Å². The van der Waals surface area contributed by atoms with Gasteiger partial charge in [-0.3, -0.25) is 9.59 Å². The van der Waals surface area contributed by atoms with Crippen molar-refractivity contribution < 1.29 is 22.6 Å². The van der Waals surface area contributed by atoms with Gasteiger partial charge in [0.15, 0.2) is 11.6 Å². The van der Waals surface area contributed by atoms with Crippen molar-refractivity contribution in [3.8, 4) is 0 Å². The number of fused-ring (bicyclic) bond motifs is 2. The smallest absolute Gasteiger partial charge is 0.194 e. The van der Waals surface area contributed by atoms with Gasteiger partial charge in [-0.25, -0.2) is 8.42 Å². The van der Waals surface area contributed by atoms with E-state index in [0.717, 1.165) is 0 Å². The first-order chi connectivity index (χ1) is 10.7. The van der Waals surface area contributed by atoms with Crippen molar-refractivity contribution in [3.05, 3.63) is 63.2 Å². The minimum atomic E-state index is -4.75. The maximum absolute atomic E-state index is 12.8. The molecule has 0 radical (unpaired) electrons. The van der Waals surface area contributed by atoms with Crippen LogP contribution in [0, 0.1) is 20.8 Å². The maximum atomic E-state index is 12.8. The normalized spacial score (nSPS) is 13.7. The summed E-state index contributed by atoms with van der Waals surface area (Å²) in [4.78, 5) is 25.1. The number of carbonyl (C=O) groups is 2. The molecular weight excluding hydrogens is 316 g/mol. The number of ketones is 2. The van der Waals surface area contributed by atoms with Crippen molar-refractivity contribution in [3.63, 3.8) is 0 Å². The third-order valence-corrected chi connectivity index (χ3v) is 5.48. The predicted octanol–water partition coefficient (Wildman–Crippen LogP) is 2.29. The van der Waals surface area contributed by atoms with Gasteiger partial charge in [0, 0.05) is 22.3 Å². The van der Waals surface area contributed by atoms with Gasteiger partial charge < -0.3 is 4.55 Å². The highest BCUT2D eigenvalue weighted by Crippen LogP contribution is 2.36. The molecule has 3 rings (SSSR count). The van der Waals surface area contributed by atoms with Crippen LogP contribution >= 0.6 is 0 Å². The molecule has 2 aromatic rings. The van der Waals surface area contributed by atoms with Gasteiger partial charge in [-0.1, -0.05) is 24.3 Å². The minimum absolute atomic E-state index is 0.0197. The Kier molecular flexibility index (Phi) is 3.28. The number of benzene rings is 2. The molecule has 1 aliphatic carbocycles. The van der Waals surface area contributed by atoms with Crippen LogP contribution in [0.25, 0.3) is 0 Å².